The van der Waals surface area contributed by atoms with Gasteiger partial charge in [0.05, 0.1) is 0 Å². The molecule has 2 aromatic carbocycles. The number of hydrogen-bond donors (Lipinski definition) is 0. The highest BCUT2D eigenvalue weighted by molar-refractivity contribution is 5.99. The Balaban J connectivity index is 2.78. The zero-order valence-electron chi connectivity index (χ0n) is 9.95. The van der Waals surface area contributed by atoms with Crippen molar-refractivity contribution in [3.63, 3.8) is 0 Å². The van der Waals surface area contributed by atoms with Gasteiger partial charge in [-0.2, -0.15) is 0 Å². The van der Waals surface area contributed by atoms with Crippen LogP contribution in [0, 0.1) is 0 Å². The van der Waals surface area contributed by atoms with Crippen LogP contribution in [0.3, 0.4) is 0 Å². The van der Waals surface area contributed by atoms with Crippen molar-refractivity contribution < 1.29 is 4.79 Å². The van der Waals surface area contributed by atoms with Crippen LogP contribution in [0.5, 0.6) is 0 Å². The van der Waals surface area contributed by atoms with Crippen LogP contribution in [0.15, 0.2) is 36.4 Å². The fraction of sp³-hybridized carbons (Fsp3) is 0.267. The van der Waals surface area contributed by atoms with E-state index in [0.29, 0.717) is 5.92 Å². The Kier molecular flexibility index (Phi) is 2.78. The molecule has 0 spiro atoms. The predicted octanol–water partition coefficient (Wildman–Crippen LogP) is 4.17. The zero-order chi connectivity index (χ0) is 11.7. The molecular weight excluding hydrogens is 196 g/mol. The summed E-state index contributed by atoms with van der Waals surface area (Å²) in [5.74, 6) is 0.567. The zero-order valence-corrected chi connectivity index (χ0v) is 9.95. The molecule has 0 aliphatic rings. The van der Waals surface area contributed by atoms with E-state index < -0.39 is 0 Å². The molecule has 0 aliphatic heterocycles. The lowest BCUT2D eigenvalue weighted by Gasteiger charge is -2.11. The van der Waals surface area contributed by atoms with Gasteiger partial charge < -0.3 is 0 Å². The van der Waals surface area contributed by atoms with Gasteiger partial charge in [-0.3, -0.25) is 4.79 Å². The van der Waals surface area contributed by atoms with E-state index in [-0.39, 0.29) is 5.78 Å². The third kappa shape index (κ3) is 1.85. The van der Waals surface area contributed by atoms with E-state index in [0.717, 1.165) is 10.9 Å². The van der Waals surface area contributed by atoms with E-state index in [1.165, 1.54) is 10.9 Å². The summed E-state index contributed by atoms with van der Waals surface area (Å²) in [6.45, 7) is 5.94. The van der Waals surface area contributed by atoms with E-state index >= 15 is 0 Å². The summed E-state index contributed by atoms with van der Waals surface area (Å²) in [5, 5.41) is 2.40. The van der Waals surface area contributed by atoms with Gasteiger partial charge in [0.15, 0.2) is 5.78 Å². The number of carbonyl (C=O) groups excluding carboxylic acids is 1. The quantitative estimate of drug-likeness (QED) is 0.683. The molecule has 0 aromatic heterocycles. The summed E-state index contributed by atoms with van der Waals surface area (Å²) in [6.07, 6.45) is 0. The van der Waals surface area contributed by atoms with Crippen molar-refractivity contribution in [3.8, 4) is 0 Å². The molecule has 0 N–H and O–H groups in total. The van der Waals surface area contributed by atoms with Crippen LogP contribution in [-0.2, 0) is 0 Å². The maximum absolute atomic E-state index is 11.5. The molecule has 2 aromatic rings. The van der Waals surface area contributed by atoms with Gasteiger partial charge >= 0.3 is 0 Å². The molecule has 0 amide bonds. The van der Waals surface area contributed by atoms with Gasteiger partial charge in [-0.25, -0.2) is 0 Å². The van der Waals surface area contributed by atoms with E-state index in [2.05, 4.69) is 26.0 Å². The van der Waals surface area contributed by atoms with E-state index in [4.69, 9.17) is 0 Å². The topological polar surface area (TPSA) is 17.1 Å². The third-order valence-corrected chi connectivity index (χ3v) is 2.92. The molecule has 2 rings (SSSR count). The molecule has 16 heavy (non-hydrogen) atoms. The molecule has 0 radical (unpaired) electrons. The second-order valence-electron chi connectivity index (χ2n) is 4.50. The Hall–Kier alpha value is -1.63. The lowest BCUT2D eigenvalue weighted by molar-refractivity contribution is 0.101. The molecule has 0 saturated carbocycles. The van der Waals surface area contributed by atoms with Crippen LogP contribution in [0.25, 0.3) is 10.8 Å². The fourth-order valence-corrected chi connectivity index (χ4v) is 2.02. The summed E-state index contributed by atoms with van der Waals surface area (Å²) < 4.78 is 0. The number of benzene rings is 2. The van der Waals surface area contributed by atoms with Crippen LogP contribution in [0.4, 0.5) is 0 Å². The lowest BCUT2D eigenvalue weighted by atomic mass is 9.93. The van der Waals surface area contributed by atoms with Crippen molar-refractivity contribution in [2.45, 2.75) is 26.7 Å². The van der Waals surface area contributed by atoms with Crippen molar-refractivity contribution in [3.05, 3.63) is 47.5 Å². The highest BCUT2D eigenvalue weighted by Crippen LogP contribution is 2.27. The molecule has 0 atom stereocenters. The monoisotopic (exact) mass is 212 g/mol. The van der Waals surface area contributed by atoms with Crippen LogP contribution < -0.4 is 0 Å². The lowest BCUT2D eigenvalue weighted by Crippen LogP contribution is -1.97. The van der Waals surface area contributed by atoms with E-state index in [1.54, 1.807) is 6.92 Å². The summed E-state index contributed by atoms with van der Waals surface area (Å²) in [6, 6.07) is 12.2. The molecule has 0 fully saturated rings. The van der Waals surface area contributed by atoms with Gasteiger partial charge in [0.1, 0.15) is 0 Å². The van der Waals surface area contributed by atoms with Crippen LogP contribution >= 0.6 is 0 Å². The smallest absolute Gasteiger partial charge is 0.159 e. The third-order valence-electron chi connectivity index (χ3n) is 2.92. The van der Waals surface area contributed by atoms with Crippen molar-refractivity contribution in [2.75, 3.05) is 0 Å². The maximum atomic E-state index is 11.5. The minimum atomic E-state index is 0.132. The van der Waals surface area contributed by atoms with E-state index in [1.807, 2.05) is 24.3 Å². The Bertz CT molecular complexity index is 538. The van der Waals surface area contributed by atoms with Crippen molar-refractivity contribution in [2.24, 2.45) is 0 Å². The minimum Gasteiger partial charge on any atom is -0.295 e. The molecule has 0 unspecified atom stereocenters. The van der Waals surface area contributed by atoms with Crippen LogP contribution in [0.2, 0.25) is 0 Å². The Labute approximate surface area is 96.1 Å². The van der Waals surface area contributed by atoms with Crippen LogP contribution in [-0.4, -0.2) is 5.78 Å². The molecular formula is C15H16O. The van der Waals surface area contributed by atoms with Gasteiger partial charge in [0, 0.05) is 5.56 Å². The molecule has 82 valence electrons. The maximum Gasteiger partial charge on any atom is 0.159 e. The summed E-state index contributed by atoms with van der Waals surface area (Å²) in [5.41, 5.74) is 2.06. The molecule has 1 heteroatoms. The van der Waals surface area contributed by atoms with Gasteiger partial charge in [0.2, 0.25) is 0 Å². The number of fused-ring (bicyclic) bond motifs is 1. The summed E-state index contributed by atoms with van der Waals surface area (Å²) in [4.78, 5) is 11.5. The first-order valence-corrected chi connectivity index (χ1v) is 5.63. The molecule has 1 nitrogen and oxygen atoms in total. The van der Waals surface area contributed by atoms with Crippen molar-refractivity contribution in [1.82, 2.24) is 0 Å². The first-order chi connectivity index (χ1) is 7.59. The minimum absolute atomic E-state index is 0.132. The Morgan fingerprint density at radius 1 is 1.12 bits per heavy atom. The van der Waals surface area contributed by atoms with Gasteiger partial charge in [-0.1, -0.05) is 38.1 Å². The average Bonchev–Trinajstić information content (AvgIpc) is 2.27. The van der Waals surface area contributed by atoms with Crippen molar-refractivity contribution in [1.29, 1.82) is 0 Å². The molecule has 0 bridgehead atoms. The molecule has 0 saturated heterocycles. The highest BCUT2D eigenvalue weighted by atomic mass is 16.1. The number of hydrogen-bond acceptors (Lipinski definition) is 1. The predicted molar refractivity (Wildman–Crippen MR) is 68.0 cm³/mol. The number of rotatable bonds is 2. The first kappa shape index (κ1) is 10.9. The van der Waals surface area contributed by atoms with Crippen molar-refractivity contribution >= 4 is 16.6 Å². The van der Waals surface area contributed by atoms with Gasteiger partial charge in [0.25, 0.3) is 0 Å². The number of Topliss-reactive ketones (excluding diaryl/α,β-unsaturated/α-hetero) is 1. The second-order valence-corrected chi connectivity index (χ2v) is 4.50. The van der Waals surface area contributed by atoms with Gasteiger partial charge in [-0.05, 0) is 41.3 Å². The fourth-order valence-electron chi connectivity index (χ4n) is 2.02. The largest absolute Gasteiger partial charge is 0.295 e. The molecule has 0 aliphatic carbocycles. The second kappa shape index (κ2) is 4.09. The Morgan fingerprint density at radius 3 is 2.44 bits per heavy atom. The highest BCUT2D eigenvalue weighted by Gasteiger charge is 2.09. The Morgan fingerprint density at radius 2 is 1.81 bits per heavy atom. The van der Waals surface area contributed by atoms with E-state index in [9.17, 15) is 4.79 Å². The summed E-state index contributed by atoms with van der Waals surface area (Å²) in [7, 11) is 0. The van der Waals surface area contributed by atoms with Gasteiger partial charge in [-0.15, -0.1) is 0 Å². The standard InChI is InChI=1S/C15H16O/c1-10(2)15-9-13(11(3)16)8-12-6-4-5-7-14(12)15/h4-10H,1-3H3. The SMILES string of the molecule is CC(=O)c1cc(C(C)C)c2ccccc2c1. The van der Waals surface area contributed by atoms with Crippen LogP contribution in [0.1, 0.15) is 42.6 Å². The normalized spacial score (nSPS) is 11.0. The molecule has 0 heterocycles. The number of carbonyl (C=O) groups is 1. The summed E-state index contributed by atoms with van der Waals surface area (Å²) >= 11 is 0. The average molecular weight is 212 g/mol. The number of ketones is 1. The first-order valence-electron chi connectivity index (χ1n) is 5.63.